The van der Waals surface area contributed by atoms with Crippen LogP contribution in [0.5, 0.6) is 11.5 Å². The second-order valence-electron chi connectivity index (χ2n) is 16.4. The molecule has 0 unspecified atom stereocenters. The first-order chi connectivity index (χ1) is 27.3. The van der Waals surface area contributed by atoms with Crippen LogP contribution in [0.3, 0.4) is 0 Å². The number of rotatable bonds is 36. The number of unbranched alkanes of at least 4 members (excludes halogenated alkanes) is 30. The fourth-order valence-corrected chi connectivity index (χ4v) is 7.56. The van der Waals surface area contributed by atoms with Gasteiger partial charge in [-0.1, -0.05) is 236 Å². The predicted octanol–water partition coefficient (Wildman–Crippen LogP) is 13.4. The zero-order valence-electron chi connectivity index (χ0n) is 36.7. The molecule has 0 fully saturated rings. The van der Waals surface area contributed by atoms with Crippen molar-refractivity contribution >= 4 is 49.7 Å². The maximum Gasteiger partial charge on any atom is 2.00 e. The van der Waals surface area contributed by atoms with E-state index in [9.17, 15) is 24.9 Å². The van der Waals surface area contributed by atoms with Crippen LogP contribution in [0, 0.1) is 0 Å². The van der Waals surface area contributed by atoms with Gasteiger partial charge in [0.15, 0.2) is 0 Å². The maximum absolute atomic E-state index is 11.4. The van der Waals surface area contributed by atoms with Crippen LogP contribution in [0.2, 0.25) is 0 Å². The standard InChI is InChI=1S/2C25H42O3.Ca/c2*1-2-3-4-5-6-7-8-9-10-11-12-13-14-15-16-17-18-22-19-20-24(26)23(21-22)25(27)28;/h2*19-21,26H,2-18H2,1H3,(H,27,28);/q;;+2/p-2. The molecule has 0 spiro atoms. The molecule has 0 aromatic heterocycles. The largest absolute Gasteiger partial charge is 2.00 e. The van der Waals surface area contributed by atoms with Crippen LogP contribution in [0.4, 0.5) is 0 Å². The van der Waals surface area contributed by atoms with E-state index in [1.807, 2.05) is 6.07 Å². The second-order valence-corrected chi connectivity index (χ2v) is 16.4. The van der Waals surface area contributed by atoms with Crippen LogP contribution in [0.1, 0.15) is 251 Å². The molecule has 0 saturated heterocycles. The van der Waals surface area contributed by atoms with Crippen LogP contribution in [-0.4, -0.2) is 59.9 Å². The minimum Gasteiger partial charge on any atom is -0.872 e. The van der Waals surface area contributed by atoms with Crippen LogP contribution in [0.15, 0.2) is 36.4 Å². The predicted molar refractivity (Wildman–Crippen MR) is 238 cm³/mol. The van der Waals surface area contributed by atoms with Gasteiger partial charge >= 0.3 is 43.7 Å². The Hall–Kier alpha value is -1.76. The summed E-state index contributed by atoms with van der Waals surface area (Å²) in [5.41, 5.74) is 1.72. The number of carbonyl (C=O) groups excluding carboxylic acids is 1. The topological polar surface area (TPSA) is 121 Å². The van der Waals surface area contributed by atoms with Gasteiger partial charge < -0.3 is 25.2 Å². The van der Waals surface area contributed by atoms with E-state index in [0.29, 0.717) is 0 Å². The Morgan fingerprint density at radius 2 is 0.737 bits per heavy atom. The van der Waals surface area contributed by atoms with Gasteiger partial charge in [0.25, 0.3) is 0 Å². The number of aromatic hydroxyl groups is 1. The van der Waals surface area contributed by atoms with E-state index in [0.717, 1.165) is 43.2 Å². The summed E-state index contributed by atoms with van der Waals surface area (Å²) < 4.78 is 0. The third-order valence-corrected chi connectivity index (χ3v) is 11.2. The molecule has 0 aliphatic carbocycles. The number of aryl methyl sites for hydroxylation is 2. The molecular formula is C50H82CaO6. The Kier molecular flexibility index (Phi) is 38.5. The van der Waals surface area contributed by atoms with Gasteiger partial charge in [-0.05, 0) is 54.5 Å². The Balaban J connectivity index is 0.00000108. The summed E-state index contributed by atoms with van der Waals surface area (Å²) in [6.45, 7) is 4.54. The molecule has 0 aliphatic rings. The van der Waals surface area contributed by atoms with Crippen LogP contribution >= 0.6 is 0 Å². The van der Waals surface area contributed by atoms with E-state index in [2.05, 4.69) is 13.8 Å². The molecule has 0 radical (unpaired) electrons. The molecule has 320 valence electrons. The monoisotopic (exact) mass is 819 g/mol. The third kappa shape index (κ3) is 31.8. The number of carboxylic acids is 2. The molecule has 2 aromatic rings. The Labute approximate surface area is 379 Å². The van der Waals surface area contributed by atoms with E-state index in [1.165, 1.54) is 204 Å². The van der Waals surface area contributed by atoms with Crippen molar-refractivity contribution in [2.24, 2.45) is 0 Å². The molecule has 0 atom stereocenters. The normalized spacial score (nSPS) is 10.8. The number of carbonyl (C=O) groups is 2. The quantitative estimate of drug-likeness (QED) is 0.0522. The molecule has 2 N–H and O–H groups in total. The number of aromatic carboxylic acids is 2. The fraction of sp³-hybridized carbons (Fsp3) is 0.720. The number of benzene rings is 2. The third-order valence-electron chi connectivity index (χ3n) is 11.2. The molecule has 0 amide bonds. The van der Waals surface area contributed by atoms with E-state index < -0.39 is 17.7 Å². The van der Waals surface area contributed by atoms with Crippen molar-refractivity contribution in [3.8, 4) is 11.5 Å². The number of phenols is 1. The van der Waals surface area contributed by atoms with Crippen molar-refractivity contribution in [2.45, 2.75) is 232 Å². The van der Waals surface area contributed by atoms with Gasteiger partial charge in [-0.2, -0.15) is 0 Å². The van der Waals surface area contributed by atoms with Crippen molar-refractivity contribution in [3.05, 3.63) is 58.7 Å². The first kappa shape index (κ1) is 55.2. The number of hydrogen-bond donors (Lipinski definition) is 2. The van der Waals surface area contributed by atoms with Gasteiger partial charge in [0.1, 0.15) is 11.3 Å². The summed E-state index contributed by atoms with van der Waals surface area (Å²) in [6, 6.07) is 9.47. The summed E-state index contributed by atoms with van der Waals surface area (Å²) in [4.78, 5) is 21.9. The van der Waals surface area contributed by atoms with Crippen molar-refractivity contribution in [1.29, 1.82) is 0 Å². The fourth-order valence-electron chi connectivity index (χ4n) is 7.56. The van der Waals surface area contributed by atoms with E-state index >= 15 is 0 Å². The number of carboxylic acid groups (broad SMARTS) is 2. The molecule has 57 heavy (non-hydrogen) atoms. The van der Waals surface area contributed by atoms with Gasteiger partial charge in [0.05, 0.1) is 5.97 Å². The van der Waals surface area contributed by atoms with E-state index in [1.54, 1.807) is 12.1 Å². The molecule has 2 rings (SSSR count). The molecule has 7 heteroatoms. The summed E-state index contributed by atoms with van der Waals surface area (Å²) in [6.07, 6.45) is 44.9. The van der Waals surface area contributed by atoms with Gasteiger partial charge in [0.2, 0.25) is 0 Å². The molecule has 0 bridgehead atoms. The summed E-state index contributed by atoms with van der Waals surface area (Å²) in [5, 5.41) is 40.9. The summed E-state index contributed by atoms with van der Waals surface area (Å²) in [5.74, 6) is -3.05. The summed E-state index contributed by atoms with van der Waals surface area (Å²) in [7, 11) is 0. The average Bonchev–Trinajstić information content (AvgIpc) is 3.18. The van der Waals surface area contributed by atoms with Gasteiger partial charge in [0, 0.05) is 0 Å². The second kappa shape index (κ2) is 39.7. The summed E-state index contributed by atoms with van der Waals surface area (Å²) >= 11 is 0. The molecule has 2 aromatic carbocycles. The average molecular weight is 819 g/mol. The van der Waals surface area contributed by atoms with E-state index in [-0.39, 0.29) is 54.6 Å². The molecular weight excluding hydrogens is 737 g/mol. The maximum atomic E-state index is 11.4. The molecule has 0 aliphatic heterocycles. The van der Waals surface area contributed by atoms with Crippen molar-refractivity contribution in [1.82, 2.24) is 0 Å². The molecule has 6 nitrogen and oxygen atoms in total. The Bertz CT molecular complexity index is 1150. The van der Waals surface area contributed by atoms with Crippen molar-refractivity contribution in [3.63, 3.8) is 0 Å². The molecule has 0 heterocycles. The zero-order chi connectivity index (χ0) is 40.9. The molecule has 0 saturated carbocycles. The number of hydrogen-bond acceptors (Lipinski definition) is 5. The van der Waals surface area contributed by atoms with Crippen LogP contribution in [0.25, 0.3) is 0 Å². The first-order valence-electron chi connectivity index (χ1n) is 23.4. The zero-order valence-corrected chi connectivity index (χ0v) is 38.9. The van der Waals surface area contributed by atoms with Crippen LogP contribution in [-0.2, 0) is 12.8 Å². The van der Waals surface area contributed by atoms with Gasteiger partial charge in [-0.25, -0.2) is 4.79 Å². The van der Waals surface area contributed by atoms with Crippen LogP contribution < -0.4 is 10.2 Å². The first-order valence-corrected chi connectivity index (χ1v) is 23.4. The van der Waals surface area contributed by atoms with Crippen molar-refractivity contribution in [2.75, 3.05) is 0 Å². The minimum atomic E-state index is -1.38. The van der Waals surface area contributed by atoms with Gasteiger partial charge in [-0.3, -0.25) is 0 Å². The van der Waals surface area contributed by atoms with Crippen molar-refractivity contribution < 1.29 is 30.0 Å². The smallest absolute Gasteiger partial charge is 0.872 e. The SMILES string of the molecule is CCCCCCCCCCCCCCCCCCc1ccc(O)c(C(=O)O)c1.CCCCCCCCCCCCCCCCCCc1ccc([O-])c(C(=O)[O-])c1.[Ca+2]. The van der Waals surface area contributed by atoms with E-state index in [4.69, 9.17) is 5.11 Å². The minimum absolute atomic E-state index is 0. The Morgan fingerprint density at radius 1 is 0.456 bits per heavy atom. The Morgan fingerprint density at radius 3 is 1.04 bits per heavy atom. The van der Waals surface area contributed by atoms with Gasteiger partial charge in [-0.15, -0.1) is 0 Å².